The van der Waals surface area contributed by atoms with Gasteiger partial charge in [-0.25, -0.2) is 0 Å². The predicted octanol–water partition coefficient (Wildman–Crippen LogP) is 2.08. The van der Waals surface area contributed by atoms with Gasteiger partial charge in [-0.05, 0) is 27.7 Å². The molecular weight excluding hydrogens is 162 g/mol. The van der Waals surface area contributed by atoms with Gasteiger partial charge in [-0.1, -0.05) is 6.92 Å². The maximum Gasteiger partial charge on any atom is 0.138 e. The van der Waals surface area contributed by atoms with Crippen LogP contribution in [0.3, 0.4) is 0 Å². The molecule has 0 aromatic heterocycles. The number of likely N-dealkylation sites (tertiary alicyclic amines) is 1. The second-order valence-electron chi connectivity index (χ2n) is 5.24. The van der Waals surface area contributed by atoms with Crippen LogP contribution in [-0.2, 0) is 4.79 Å². The van der Waals surface area contributed by atoms with Crippen molar-refractivity contribution in [1.29, 1.82) is 0 Å². The molecule has 0 saturated carbocycles. The minimum absolute atomic E-state index is 0.189. The molecule has 0 aromatic rings. The third-order valence-electron chi connectivity index (χ3n) is 2.91. The summed E-state index contributed by atoms with van der Waals surface area (Å²) in [5, 5.41) is 0. The second kappa shape index (κ2) is 3.41. The van der Waals surface area contributed by atoms with Gasteiger partial charge in [0.2, 0.25) is 0 Å². The quantitative estimate of drug-likeness (QED) is 0.573. The molecule has 2 heteroatoms. The van der Waals surface area contributed by atoms with Gasteiger partial charge in [-0.2, -0.15) is 0 Å². The lowest BCUT2D eigenvalue weighted by molar-refractivity contribution is -0.129. The van der Waals surface area contributed by atoms with E-state index < -0.39 is 0 Å². The Morgan fingerprint density at radius 1 is 1.31 bits per heavy atom. The first kappa shape index (κ1) is 10.7. The van der Waals surface area contributed by atoms with Crippen molar-refractivity contribution in [3.8, 4) is 0 Å². The van der Waals surface area contributed by atoms with Crippen molar-refractivity contribution in [2.75, 3.05) is 6.54 Å². The number of ketones is 1. The summed E-state index contributed by atoms with van der Waals surface area (Å²) in [4.78, 5) is 13.9. The van der Waals surface area contributed by atoms with Crippen LogP contribution in [0.2, 0.25) is 0 Å². The van der Waals surface area contributed by atoms with E-state index in [1.54, 1.807) is 0 Å². The van der Waals surface area contributed by atoms with Crippen molar-refractivity contribution in [1.82, 2.24) is 4.90 Å². The number of nitrogens with zero attached hydrogens (tertiary/aromatic N) is 1. The van der Waals surface area contributed by atoms with Crippen molar-refractivity contribution in [2.24, 2.45) is 5.92 Å². The molecule has 0 spiro atoms. The first-order chi connectivity index (χ1) is 5.82. The van der Waals surface area contributed by atoms with E-state index in [1.807, 2.05) is 6.92 Å². The fourth-order valence-corrected chi connectivity index (χ4v) is 2.11. The first-order valence-electron chi connectivity index (χ1n) is 5.12. The topological polar surface area (TPSA) is 20.3 Å². The van der Waals surface area contributed by atoms with Gasteiger partial charge in [0.05, 0.1) is 0 Å². The summed E-state index contributed by atoms with van der Waals surface area (Å²) in [6.07, 6.45) is 0.721. The predicted molar refractivity (Wildman–Crippen MR) is 54.7 cm³/mol. The lowest BCUT2D eigenvalue weighted by Crippen LogP contribution is -2.54. The highest BCUT2D eigenvalue weighted by Crippen LogP contribution is 2.26. The average Bonchev–Trinajstić information content (AvgIpc) is 1.94. The summed E-state index contributed by atoms with van der Waals surface area (Å²) in [7, 11) is 0. The molecule has 1 fully saturated rings. The van der Waals surface area contributed by atoms with Crippen molar-refractivity contribution in [3.05, 3.63) is 0 Å². The van der Waals surface area contributed by atoms with Gasteiger partial charge >= 0.3 is 0 Å². The molecule has 13 heavy (non-hydrogen) atoms. The molecule has 1 aliphatic heterocycles. The Balaban J connectivity index is 2.72. The minimum atomic E-state index is 0.189. The van der Waals surface area contributed by atoms with Gasteiger partial charge in [0, 0.05) is 30.5 Å². The SMILES string of the molecule is C[C@@H]1CN(C(C)(C)C)[C@@H](C)CC1=O. The van der Waals surface area contributed by atoms with E-state index in [4.69, 9.17) is 0 Å². The summed E-state index contributed by atoms with van der Waals surface area (Å²) >= 11 is 0. The standard InChI is InChI=1S/C11H21NO/c1-8-7-12(11(3,4)5)9(2)6-10(8)13/h8-9H,6-7H2,1-5H3/t8-,9+/m1/s1. The fraction of sp³-hybridized carbons (Fsp3) is 0.909. The van der Waals surface area contributed by atoms with Crippen molar-refractivity contribution >= 4 is 5.78 Å². The van der Waals surface area contributed by atoms with Crippen LogP contribution in [0.4, 0.5) is 0 Å². The Morgan fingerprint density at radius 3 is 2.31 bits per heavy atom. The second-order valence-corrected chi connectivity index (χ2v) is 5.24. The normalized spacial score (nSPS) is 32.2. The molecule has 76 valence electrons. The lowest BCUT2D eigenvalue weighted by Gasteiger charge is -2.44. The molecule has 1 aliphatic rings. The molecule has 0 radical (unpaired) electrons. The zero-order valence-electron chi connectivity index (χ0n) is 9.42. The van der Waals surface area contributed by atoms with Crippen LogP contribution >= 0.6 is 0 Å². The number of carbonyl (C=O) groups excluding carboxylic acids is 1. The highest BCUT2D eigenvalue weighted by molar-refractivity contribution is 5.82. The van der Waals surface area contributed by atoms with Crippen LogP contribution in [0.25, 0.3) is 0 Å². The summed E-state index contributed by atoms with van der Waals surface area (Å²) in [6.45, 7) is 11.7. The molecular formula is C11H21NO. The highest BCUT2D eigenvalue weighted by Gasteiger charge is 2.34. The largest absolute Gasteiger partial charge is 0.299 e. The Kier molecular flexibility index (Phi) is 2.81. The van der Waals surface area contributed by atoms with Crippen LogP contribution in [0.15, 0.2) is 0 Å². The summed E-state index contributed by atoms with van der Waals surface area (Å²) in [6, 6.07) is 0.406. The van der Waals surface area contributed by atoms with Gasteiger partial charge in [0.25, 0.3) is 0 Å². The lowest BCUT2D eigenvalue weighted by atomic mass is 9.89. The maximum atomic E-state index is 11.5. The van der Waals surface area contributed by atoms with Crippen molar-refractivity contribution < 1.29 is 4.79 Å². The van der Waals surface area contributed by atoms with Crippen LogP contribution < -0.4 is 0 Å². The third kappa shape index (κ3) is 2.31. The van der Waals surface area contributed by atoms with E-state index in [9.17, 15) is 4.79 Å². The zero-order chi connectivity index (χ0) is 10.2. The molecule has 2 nitrogen and oxygen atoms in total. The van der Waals surface area contributed by atoms with Crippen LogP contribution in [-0.4, -0.2) is 28.8 Å². The van der Waals surface area contributed by atoms with E-state index in [1.165, 1.54) is 0 Å². The van der Waals surface area contributed by atoms with Crippen LogP contribution in [0.5, 0.6) is 0 Å². The maximum absolute atomic E-state index is 11.5. The summed E-state index contributed by atoms with van der Waals surface area (Å²) in [5.41, 5.74) is 0.189. The Bertz CT molecular complexity index is 205. The van der Waals surface area contributed by atoms with Gasteiger partial charge in [-0.15, -0.1) is 0 Å². The summed E-state index contributed by atoms with van der Waals surface area (Å²) < 4.78 is 0. The fourth-order valence-electron chi connectivity index (χ4n) is 2.11. The van der Waals surface area contributed by atoms with E-state index >= 15 is 0 Å². The number of piperidine rings is 1. The Hall–Kier alpha value is -0.370. The average molecular weight is 183 g/mol. The highest BCUT2D eigenvalue weighted by atomic mass is 16.1. The Labute approximate surface area is 81.3 Å². The van der Waals surface area contributed by atoms with E-state index in [0.717, 1.165) is 13.0 Å². The van der Waals surface area contributed by atoms with E-state index in [-0.39, 0.29) is 11.5 Å². The smallest absolute Gasteiger partial charge is 0.138 e. The van der Waals surface area contributed by atoms with E-state index in [2.05, 4.69) is 32.6 Å². The van der Waals surface area contributed by atoms with Gasteiger partial charge in [0.15, 0.2) is 0 Å². The number of carbonyl (C=O) groups is 1. The number of hydrogen-bond donors (Lipinski definition) is 0. The van der Waals surface area contributed by atoms with Gasteiger partial charge < -0.3 is 0 Å². The number of Topliss-reactive ketones (excluding diaryl/α,β-unsaturated/α-hetero) is 1. The molecule has 0 aliphatic carbocycles. The minimum Gasteiger partial charge on any atom is -0.299 e. The van der Waals surface area contributed by atoms with Crippen LogP contribution in [0, 0.1) is 5.92 Å². The molecule has 0 unspecified atom stereocenters. The van der Waals surface area contributed by atoms with Gasteiger partial charge in [-0.3, -0.25) is 9.69 Å². The molecule has 2 atom stereocenters. The molecule has 0 bridgehead atoms. The first-order valence-corrected chi connectivity index (χ1v) is 5.12. The van der Waals surface area contributed by atoms with Gasteiger partial charge in [0.1, 0.15) is 5.78 Å². The Morgan fingerprint density at radius 2 is 1.85 bits per heavy atom. The number of rotatable bonds is 0. The third-order valence-corrected chi connectivity index (χ3v) is 2.91. The molecule has 1 heterocycles. The van der Waals surface area contributed by atoms with Crippen molar-refractivity contribution in [2.45, 2.75) is 52.6 Å². The molecule has 0 N–H and O–H groups in total. The van der Waals surface area contributed by atoms with Crippen molar-refractivity contribution in [3.63, 3.8) is 0 Å². The monoisotopic (exact) mass is 183 g/mol. The molecule has 0 amide bonds. The summed E-state index contributed by atoms with van der Waals surface area (Å²) in [5.74, 6) is 0.642. The molecule has 1 rings (SSSR count). The van der Waals surface area contributed by atoms with E-state index in [0.29, 0.717) is 11.8 Å². The molecule has 1 saturated heterocycles. The van der Waals surface area contributed by atoms with Crippen LogP contribution in [0.1, 0.15) is 41.0 Å². The zero-order valence-corrected chi connectivity index (χ0v) is 9.42. The number of hydrogen-bond acceptors (Lipinski definition) is 2. The molecule has 0 aromatic carbocycles.